The van der Waals surface area contributed by atoms with Gasteiger partial charge in [0.25, 0.3) is 11.6 Å². The van der Waals surface area contributed by atoms with Crippen molar-refractivity contribution in [3.05, 3.63) is 79.1 Å². The molecule has 2 aromatic carbocycles. The Labute approximate surface area is 158 Å². The molecule has 0 radical (unpaired) electrons. The van der Waals surface area contributed by atoms with Crippen molar-refractivity contribution in [2.75, 3.05) is 5.32 Å². The van der Waals surface area contributed by atoms with Crippen LogP contribution in [-0.4, -0.2) is 15.8 Å². The number of carbonyl (C=O) groups is 1. The quantitative estimate of drug-likeness (QED) is 0.493. The highest BCUT2D eigenvalue weighted by Gasteiger charge is 2.38. The van der Waals surface area contributed by atoms with Gasteiger partial charge in [-0.2, -0.15) is 13.2 Å². The number of benzene rings is 2. The summed E-state index contributed by atoms with van der Waals surface area (Å²) >= 11 is 5.96. The fraction of sp³-hybridized carbons (Fsp3) is 0.0588. The number of anilines is 1. The third-order valence-corrected chi connectivity index (χ3v) is 4.18. The van der Waals surface area contributed by atoms with Crippen molar-refractivity contribution >= 4 is 39.8 Å². The number of para-hydroxylation sites is 1. The van der Waals surface area contributed by atoms with E-state index in [2.05, 4.69) is 10.3 Å². The van der Waals surface area contributed by atoms with E-state index in [4.69, 9.17) is 11.6 Å². The molecule has 0 unspecified atom stereocenters. The number of nitrogens with one attached hydrogen (secondary N) is 2. The molecule has 1 amide bonds. The Morgan fingerprint density at radius 1 is 1.21 bits per heavy atom. The molecule has 0 saturated carbocycles. The van der Waals surface area contributed by atoms with E-state index in [1.54, 1.807) is 0 Å². The van der Waals surface area contributed by atoms with Gasteiger partial charge in [0.2, 0.25) is 5.43 Å². The number of nitrogens with zero attached hydrogens (tertiary/aromatic N) is 1. The van der Waals surface area contributed by atoms with Crippen LogP contribution in [0.25, 0.3) is 10.9 Å². The maximum Gasteiger partial charge on any atom is 0.423 e. The lowest BCUT2D eigenvalue weighted by Gasteiger charge is -2.11. The highest BCUT2D eigenvalue weighted by atomic mass is 35.5. The minimum Gasteiger partial charge on any atom is -0.359 e. The van der Waals surface area contributed by atoms with E-state index in [1.165, 1.54) is 18.2 Å². The summed E-state index contributed by atoms with van der Waals surface area (Å²) in [5.74, 6) is -0.981. The number of nitro groups is 1. The average Bonchev–Trinajstić information content (AvgIpc) is 2.61. The van der Waals surface area contributed by atoms with Crippen LogP contribution in [0.2, 0.25) is 5.02 Å². The number of amides is 1. The highest BCUT2D eigenvalue weighted by molar-refractivity contribution is 6.35. The first kappa shape index (κ1) is 19.4. The van der Waals surface area contributed by atoms with Gasteiger partial charge < -0.3 is 10.3 Å². The topological polar surface area (TPSA) is 105 Å². The summed E-state index contributed by atoms with van der Waals surface area (Å²) in [6.45, 7) is 0. The molecule has 1 aromatic heterocycles. The lowest BCUT2D eigenvalue weighted by Crippen LogP contribution is -2.22. The molecule has 3 rings (SSSR count). The number of H-pyrrole nitrogens is 1. The minimum absolute atomic E-state index is 0.125. The maximum atomic E-state index is 13.0. The van der Waals surface area contributed by atoms with Crippen LogP contribution in [0.4, 0.5) is 24.5 Å². The number of hydrogen-bond donors (Lipinski definition) is 2. The molecular weight excluding hydrogens is 403 g/mol. The normalized spacial score (nSPS) is 11.4. The number of fused-ring (bicyclic) bond motifs is 1. The van der Waals surface area contributed by atoms with Crippen molar-refractivity contribution in [3.63, 3.8) is 0 Å². The highest BCUT2D eigenvalue weighted by Crippen LogP contribution is 2.37. The van der Waals surface area contributed by atoms with E-state index in [0.29, 0.717) is 17.6 Å². The third kappa shape index (κ3) is 3.54. The first-order valence-corrected chi connectivity index (χ1v) is 7.94. The molecule has 0 atom stereocenters. The first-order chi connectivity index (χ1) is 13.1. The summed E-state index contributed by atoms with van der Waals surface area (Å²) in [5.41, 5.74) is -3.75. The van der Waals surface area contributed by atoms with Crippen molar-refractivity contribution in [1.82, 2.24) is 4.98 Å². The Bertz CT molecular complexity index is 1170. The zero-order chi connectivity index (χ0) is 20.6. The molecule has 11 heteroatoms. The summed E-state index contributed by atoms with van der Waals surface area (Å²) < 4.78 is 39.1. The lowest BCUT2D eigenvalue weighted by atomic mass is 10.1. The lowest BCUT2D eigenvalue weighted by molar-refractivity contribution is -0.388. The largest absolute Gasteiger partial charge is 0.423 e. The fourth-order valence-corrected chi connectivity index (χ4v) is 2.81. The molecule has 0 saturated heterocycles. The number of nitro benzene ring substituents is 1. The van der Waals surface area contributed by atoms with Crippen molar-refractivity contribution in [2.45, 2.75) is 6.18 Å². The zero-order valence-corrected chi connectivity index (χ0v) is 14.4. The molecule has 2 N–H and O–H groups in total. The van der Waals surface area contributed by atoms with Gasteiger partial charge in [0.1, 0.15) is 11.1 Å². The number of pyridine rings is 1. The van der Waals surface area contributed by atoms with E-state index >= 15 is 0 Å². The number of carbonyl (C=O) groups excluding carboxylic acids is 1. The fourth-order valence-electron chi connectivity index (χ4n) is 2.58. The zero-order valence-electron chi connectivity index (χ0n) is 13.6. The predicted octanol–water partition coefficient (Wildman–Crippen LogP) is 4.36. The van der Waals surface area contributed by atoms with Crippen molar-refractivity contribution < 1.29 is 22.9 Å². The van der Waals surface area contributed by atoms with Gasteiger partial charge in [0.05, 0.1) is 15.5 Å². The second-order valence-corrected chi connectivity index (χ2v) is 6.04. The molecule has 1 heterocycles. The van der Waals surface area contributed by atoms with E-state index in [1.807, 2.05) is 0 Å². The van der Waals surface area contributed by atoms with Crippen molar-refractivity contribution in [2.24, 2.45) is 0 Å². The van der Waals surface area contributed by atoms with Crippen molar-refractivity contribution in [3.8, 4) is 0 Å². The SMILES string of the molecule is O=C(Nc1ccc([N+](=O)[O-])c(C(F)(F)F)c1)c1c[nH]c2c(Cl)cccc2c1=O. The Balaban J connectivity index is 2.00. The van der Waals surface area contributed by atoms with Crippen LogP contribution < -0.4 is 10.7 Å². The molecule has 3 aromatic rings. The Morgan fingerprint density at radius 2 is 1.93 bits per heavy atom. The molecule has 0 aliphatic heterocycles. The second-order valence-electron chi connectivity index (χ2n) is 5.63. The molecule has 144 valence electrons. The van der Waals surface area contributed by atoms with Gasteiger partial charge in [-0.3, -0.25) is 19.7 Å². The van der Waals surface area contributed by atoms with Gasteiger partial charge in [0, 0.05) is 23.3 Å². The minimum atomic E-state index is -5.00. The van der Waals surface area contributed by atoms with Crippen LogP contribution in [0.1, 0.15) is 15.9 Å². The summed E-state index contributed by atoms with van der Waals surface area (Å²) in [6.07, 6.45) is -3.91. The number of halogens is 4. The molecule has 0 bridgehead atoms. The number of aromatic amines is 1. The smallest absolute Gasteiger partial charge is 0.359 e. The van der Waals surface area contributed by atoms with Crippen molar-refractivity contribution in [1.29, 1.82) is 0 Å². The van der Waals surface area contributed by atoms with Gasteiger partial charge in [0.15, 0.2) is 0 Å². The third-order valence-electron chi connectivity index (χ3n) is 3.86. The summed E-state index contributed by atoms with van der Waals surface area (Å²) in [4.78, 5) is 37.1. The van der Waals surface area contributed by atoms with Gasteiger partial charge in [-0.15, -0.1) is 0 Å². The van der Waals surface area contributed by atoms with Crippen LogP contribution >= 0.6 is 11.6 Å². The van der Waals surface area contributed by atoms with Crippen LogP contribution in [0.15, 0.2) is 47.4 Å². The standard InChI is InChI=1S/C17H9ClF3N3O4/c18-12-3-1-2-9-14(12)22-7-10(15(9)25)16(26)23-8-4-5-13(24(27)28)11(6-8)17(19,20)21/h1-7H,(H,22,25)(H,23,26). The number of alkyl halides is 3. The molecule has 0 aliphatic carbocycles. The predicted molar refractivity (Wildman–Crippen MR) is 95.6 cm³/mol. The Kier molecular flexibility index (Phi) is 4.82. The van der Waals surface area contributed by atoms with Gasteiger partial charge in [-0.05, 0) is 24.3 Å². The molecule has 0 aliphatic rings. The van der Waals surface area contributed by atoms with E-state index in [9.17, 15) is 32.9 Å². The molecule has 28 heavy (non-hydrogen) atoms. The summed E-state index contributed by atoms with van der Waals surface area (Å²) in [5, 5.41) is 13.3. The monoisotopic (exact) mass is 411 g/mol. The van der Waals surface area contributed by atoms with Gasteiger partial charge >= 0.3 is 6.18 Å². The summed E-state index contributed by atoms with van der Waals surface area (Å²) in [7, 11) is 0. The van der Waals surface area contributed by atoms with Crippen LogP contribution in [0, 0.1) is 10.1 Å². The number of rotatable bonds is 3. The van der Waals surface area contributed by atoms with E-state index in [0.717, 1.165) is 12.3 Å². The van der Waals surface area contributed by atoms with Gasteiger partial charge in [-0.1, -0.05) is 17.7 Å². The molecule has 7 nitrogen and oxygen atoms in total. The summed E-state index contributed by atoms with van der Waals surface area (Å²) in [6, 6.07) is 6.48. The molecule has 0 fully saturated rings. The van der Waals surface area contributed by atoms with E-state index < -0.39 is 33.7 Å². The Morgan fingerprint density at radius 3 is 2.57 bits per heavy atom. The Hall–Kier alpha value is -3.40. The number of hydrogen-bond acceptors (Lipinski definition) is 4. The van der Waals surface area contributed by atoms with Crippen LogP contribution in [0.3, 0.4) is 0 Å². The molecular formula is C17H9ClF3N3O4. The number of aromatic nitrogens is 1. The maximum absolute atomic E-state index is 13.0. The average molecular weight is 412 g/mol. The van der Waals surface area contributed by atoms with Crippen LogP contribution in [-0.2, 0) is 6.18 Å². The first-order valence-electron chi connectivity index (χ1n) is 7.56. The second kappa shape index (κ2) is 6.97. The van der Waals surface area contributed by atoms with E-state index in [-0.39, 0.29) is 21.7 Å². The molecule has 0 spiro atoms. The van der Waals surface area contributed by atoms with Crippen LogP contribution in [0.5, 0.6) is 0 Å². The van der Waals surface area contributed by atoms with Gasteiger partial charge in [-0.25, -0.2) is 0 Å².